The van der Waals surface area contributed by atoms with Crippen molar-refractivity contribution in [3.8, 4) is 0 Å². The number of carboxylic acids is 1. The average Bonchev–Trinajstić information content (AvgIpc) is 2.58. The van der Waals surface area contributed by atoms with Crippen LogP contribution in [-0.2, 0) is 4.79 Å². The predicted molar refractivity (Wildman–Crippen MR) is 109 cm³/mol. The topological polar surface area (TPSA) is 40.5 Å². The molecule has 0 amide bonds. The molecule has 0 bridgehead atoms. The van der Waals surface area contributed by atoms with Gasteiger partial charge in [-0.25, -0.2) is 0 Å². The van der Waals surface area contributed by atoms with E-state index in [-0.39, 0.29) is 6.54 Å². The quantitative estimate of drug-likeness (QED) is 0.236. The predicted octanol–water partition coefficient (Wildman–Crippen LogP) is 6.21. The van der Waals surface area contributed by atoms with Crippen LogP contribution in [0.25, 0.3) is 0 Å². The summed E-state index contributed by atoms with van der Waals surface area (Å²) in [6.07, 6.45) is 23.3. The molecule has 0 saturated carbocycles. The third-order valence-corrected chi connectivity index (χ3v) is 4.33. The first-order chi connectivity index (χ1) is 12.2. The van der Waals surface area contributed by atoms with E-state index >= 15 is 0 Å². The lowest BCUT2D eigenvalue weighted by molar-refractivity contribution is -0.138. The van der Waals surface area contributed by atoms with Gasteiger partial charge in [-0.2, -0.15) is 0 Å². The van der Waals surface area contributed by atoms with Crippen molar-refractivity contribution in [2.45, 2.75) is 90.9 Å². The van der Waals surface area contributed by atoms with Crippen LogP contribution in [0.4, 0.5) is 0 Å². The lowest BCUT2D eigenvalue weighted by Crippen LogP contribution is -2.31. The molecule has 25 heavy (non-hydrogen) atoms. The van der Waals surface area contributed by atoms with Crippen LogP contribution >= 0.6 is 0 Å². The summed E-state index contributed by atoms with van der Waals surface area (Å²) >= 11 is 0. The maximum absolute atomic E-state index is 11.0. The Morgan fingerprint density at radius 3 is 1.48 bits per heavy atom. The van der Waals surface area contributed by atoms with Crippen LogP contribution < -0.4 is 0 Å². The molecule has 0 atom stereocenters. The number of aliphatic carboxylic acids is 1. The number of carbonyl (C=O) groups is 1. The standard InChI is InChI=1S/C22H41NO2/c1-3-5-7-9-11-13-15-17-19-23(21-22(24)25)20-18-16-14-12-10-8-6-4-2/h9-12H,3-8,13-21H2,1-2H3,(H,24,25)/b11-9+,12-10+. The minimum absolute atomic E-state index is 0.179. The molecule has 146 valence electrons. The number of allylic oxidation sites excluding steroid dienone is 4. The minimum atomic E-state index is -0.709. The minimum Gasteiger partial charge on any atom is -0.480 e. The van der Waals surface area contributed by atoms with Crippen molar-refractivity contribution in [2.24, 2.45) is 0 Å². The van der Waals surface area contributed by atoms with Gasteiger partial charge in [-0.1, -0.05) is 63.8 Å². The first-order valence-corrected chi connectivity index (χ1v) is 10.4. The van der Waals surface area contributed by atoms with Gasteiger partial charge in [0.25, 0.3) is 0 Å². The molecule has 0 heterocycles. The maximum Gasteiger partial charge on any atom is 0.317 e. The molecule has 1 N–H and O–H groups in total. The number of unbranched alkanes of at least 4 members (excludes halogenated alkanes) is 8. The molecule has 0 aliphatic carbocycles. The molecule has 0 aliphatic rings. The monoisotopic (exact) mass is 351 g/mol. The number of carboxylic acid groups (broad SMARTS) is 1. The zero-order valence-electron chi connectivity index (χ0n) is 16.7. The van der Waals surface area contributed by atoms with Crippen molar-refractivity contribution in [2.75, 3.05) is 19.6 Å². The summed E-state index contributed by atoms with van der Waals surface area (Å²) in [5.74, 6) is -0.709. The SMILES string of the molecule is CCCC/C=C/CCCCN(CCCC/C=C/CCCC)CC(=O)O. The molecule has 0 aromatic rings. The number of nitrogens with zero attached hydrogens (tertiary/aromatic N) is 1. The van der Waals surface area contributed by atoms with E-state index in [0.29, 0.717) is 0 Å². The summed E-state index contributed by atoms with van der Waals surface area (Å²) in [6, 6.07) is 0. The van der Waals surface area contributed by atoms with Crippen molar-refractivity contribution < 1.29 is 9.90 Å². The molecule has 0 aliphatic heterocycles. The Balaban J connectivity index is 3.76. The van der Waals surface area contributed by atoms with Gasteiger partial charge in [0.1, 0.15) is 0 Å². The molecule has 0 rings (SSSR count). The van der Waals surface area contributed by atoms with Crippen molar-refractivity contribution in [1.29, 1.82) is 0 Å². The molecule has 0 unspecified atom stereocenters. The molecule has 3 heteroatoms. The van der Waals surface area contributed by atoms with Gasteiger partial charge in [-0.05, 0) is 64.5 Å². The second-order valence-electron chi connectivity index (χ2n) is 6.89. The van der Waals surface area contributed by atoms with Crippen LogP contribution in [0.2, 0.25) is 0 Å². The zero-order valence-corrected chi connectivity index (χ0v) is 16.7. The summed E-state index contributed by atoms with van der Waals surface area (Å²) in [4.78, 5) is 13.1. The fourth-order valence-electron chi connectivity index (χ4n) is 2.77. The fourth-order valence-corrected chi connectivity index (χ4v) is 2.77. The molecule has 0 spiro atoms. The van der Waals surface area contributed by atoms with Crippen LogP contribution in [0, 0.1) is 0 Å². The van der Waals surface area contributed by atoms with Crippen LogP contribution in [0.3, 0.4) is 0 Å². The molecule has 0 aromatic carbocycles. The first-order valence-electron chi connectivity index (χ1n) is 10.4. The third-order valence-electron chi connectivity index (χ3n) is 4.33. The van der Waals surface area contributed by atoms with Gasteiger partial charge >= 0.3 is 5.97 Å². The van der Waals surface area contributed by atoms with Crippen LogP contribution in [0.15, 0.2) is 24.3 Å². The smallest absolute Gasteiger partial charge is 0.317 e. The zero-order chi connectivity index (χ0) is 18.6. The van der Waals surface area contributed by atoms with E-state index in [9.17, 15) is 4.79 Å². The van der Waals surface area contributed by atoms with Crippen molar-refractivity contribution >= 4 is 5.97 Å². The van der Waals surface area contributed by atoms with Gasteiger partial charge in [0.15, 0.2) is 0 Å². The Bertz CT molecular complexity index is 324. The van der Waals surface area contributed by atoms with E-state index < -0.39 is 5.97 Å². The summed E-state index contributed by atoms with van der Waals surface area (Å²) in [5, 5.41) is 9.07. The van der Waals surface area contributed by atoms with Gasteiger partial charge in [-0.3, -0.25) is 9.69 Å². The third kappa shape index (κ3) is 19.1. The van der Waals surface area contributed by atoms with E-state index in [1.165, 1.54) is 38.5 Å². The lowest BCUT2D eigenvalue weighted by Gasteiger charge is -2.19. The molecule has 3 nitrogen and oxygen atoms in total. The van der Waals surface area contributed by atoms with E-state index in [1.54, 1.807) is 0 Å². The van der Waals surface area contributed by atoms with Gasteiger partial charge in [0.2, 0.25) is 0 Å². The van der Waals surface area contributed by atoms with E-state index in [1.807, 2.05) is 0 Å². The van der Waals surface area contributed by atoms with E-state index in [0.717, 1.165) is 51.6 Å². The Kier molecular flexibility index (Phi) is 18.4. The highest BCUT2D eigenvalue weighted by Gasteiger charge is 2.08. The van der Waals surface area contributed by atoms with Crippen molar-refractivity contribution in [3.63, 3.8) is 0 Å². The van der Waals surface area contributed by atoms with Crippen LogP contribution in [0.1, 0.15) is 90.9 Å². The van der Waals surface area contributed by atoms with Gasteiger partial charge in [0.05, 0.1) is 6.54 Å². The van der Waals surface area contributed by atoms with Gasteiger partial charge in [0, 0.05) is 0 Å². The van der Waals surface area contributed by atoms with Crippen molar-refractivity contribution in [3.05, 3.63) is 24.3 Å². The van der Waals surface area contributed by atoms with Gasteiger partial charge in [-0.15, -0.1) is 0 Å². The summed E-state index contributed by atoms with van der Waals surface area (Å²) < 4.78 is 0. The second-order valence-corrected chi connectivity index (χ2v) is 6.89. The summed E-state index contributed by atoms with van der Waals surface area (Å²) in [7, 11) is 0. The number of hydrogen-bond donors (Lipinski definition) is 1. The highest BCUT2D eigenvalue weighted by atomic mass is 16.4. The van der Waals surface area contributed by atoms with E-state index in [4.69, 9.17) is 5.11 Å². The molecule has 0 fully saturated rings. The molecule has 0 aromatic heterocycles. The summed E-state index contributed by atoms with van der Waals surface area (Å²) in [6.45, 7) is 6.42. The Hall–Kier alpha value is -1.09. The molecular formula is C22H41NO2. The normalized spacial score (nSPS) is 12.0. The van der Waals surface area contributed by atoms with Crippen molar-refractivity contribution in [1.82, 2.24) is 4.90 Å². The largest absolute Gasteiger partial charge is 0.480 e. The fraction of sp³-hybridized carbons (Fsp3) is 0.773. The maximum atomic E-state index is 11.0. The summed E-state index contributed by atoms with van der Waals surface area (Å²) in [5.41, 5.74) is 0. The highest BCUT2D eigenvalue weighted by molar-refractivity contribution is 5.69. The Morgan fingerprint density at radius 1 is 0.720 bits per heavy atom. The highest BCUT2D eigenvalue weighted by Crippen LogP contribution is 2.05. The molecule has 0 radical (unpaired) electrons. The lowest BCUT2D eigenvalue weighted by atomic mass is 10.1. The number of rotatable bonds is 18. The van der Waals surface area contributed by atoms with Crippen LogP contribution in [0.5, 0.6) is 0 Å². The first kappa shape index (κ1) is 23.9. The molecular weight excluding hydrogens is 310 g/mol. The second kappa shape index (κ2) is 19.2. The number of hydrogen-bond acceptors (Lipinski definition) is 2. The van der Waals surface area contributed by atoms with Crippen LogP contribution in [-0.4, -0.2) is 35.6 Å². The average molecular weight is 352 g/mol. The van der Waals surface area contributed by atoms with E-state index in [2.05, 4.69) is 43.1 Å². The van der Waals surface area contributed by atoms with Gasteiger partial charge < -0.3 is 5.11 Å². The Morgan fingerprint density at radius 2 is 1.12 bits per heavy atom. The Labute approximate surface area is 156 Å². The molecule has 0 saturated heterocycles.